The first kappa shape index (κ1) is 20.3. The normalized spacial score (nSPS) is 11.6. The number of hydrogen-bond donors (Lipinski definition) is 1. The Morgan fingerprint density at radius 3 is 2.26 bits per heavy atom. The summed E-state index contributed by atoms with van der Waals surface area (Å²) in [4.78, 5) is 24.3. The van der Waals surface area contributed by atoms with Crippen molar-refractivity contribution in [3.63, 3.8) is 0 Å². The fraction of sp³-hybridized carbons (Fsp3) is 0.333. The van der Waals surface area contributed by atoms with Gasteiger partial charge >= 0.3 is 5.97 Å². The standard InChI is InChI=1S/C21H25NO5/c1-13(2)26-21(24)15(4)27-17-9-7-16(8-10-17)20(23)22-18-12-14(3)6-11-19(18)25-5/h6-13,15H,1-5H3,(H,22,23). The molecule has 0 saturated heterocycles. The van der Waals surface area contributed by atoms with Crippen LogP contribution in [0.1, 0.15) is 36.7 Å². The first-order chi connectivity index (χ1) is 12.8. The Bertz CT molecular complexity index is 799. The number of ether oxygens (including phenoxy) is 3. The maximum atomic E-state index is 12.5. The molecule has 0 bridgehead atoms. The molecule has 0 heterocycles. The van der Waals surface area contributed by atoms with Crippen LogP contribution in [0, 0.1) is 6.92 Å². The first-order valence-electron chi connectivity index (χ1n) is 8.73. The van der Waals surface area contributed by atoms with Gasteiger partial charge in [0, 0.05) is 5.56 Å². The average Bonchev–Trinajstić information content (AvgIpc) is 2.62. The van der Waals surface area contributed by atoms with E-state index < -0.39 is 12.1 Å². The molecule has 2 aromatic rings. The predicted octanol–water partition coefficient (Wildman–Crippen LogP) is 3.97. The van der Waals surface area contributed by atoms with Crippen LogP contribution in [-0.2, 0) is 9.53 Å². The fourth-order valence-electron chi connectivity index (χ4n) is 2.38. The van der Waals surface area contributed by atoms with Crippen LogP contribution in [0.3, 0.4) is 0 Å². The number of rotatable bonds is 7. The maximum absolute atomic E-state index is 12.5. The van der Waals surface area contributed by atoms with Crippen molar-refractivity contribution in [2.24, 2.45) is 0 Å². The summed E-state index contributed by atoms with van der Waals surface area (Å²) >= 11 is 0. The first-order valence-corrected chi connectivity index (χ1v) is 8.73. The summed E-state index contributed by atoms with van der Waals surface area (Å²) in [7, 11) is 1.55. The second-order valence-corrected chi connectivity index (χ2v) is 6.43. The van der Waals surface area contributed by atoms with E-state index in [1.165, 1.54) is 0 Å². The van der Waals surface area contributed by atoms with Crippen molar-refractivity contribution in [2.75, 3.05) is 12.4 Å². The molecule has 2 aromatic carbocycles. The van der Waals surface area contributed by atoms with E-state index in [1.807, 2.05) is 19.1 Å². The van der Waals surface area contributed by atoms with E-state index in [4.69, 9.17) is 14.2 Å². The van der Waals surface area contributed by atoms with Crippen molar-refractivity contribution < 1.29 is 23.8 Å². The fourth-order valence-corrected chi connectivity index (χ4v) is 2.38. The molecule has 0 aromatic heterocycles. The second kappa shape index (κ2) is 9.07. The highest BCUT2D eigenvalue weighted by atomic mass is 16.6. The minimum Gasteiger partial charge on any atom is -0.495 e. The Balaban J connectivity index is 2.03. The number of hydrogen-bond acceptors (Lipinski definition) is 5. The number of methoxy groups -OCH3 is 1. The van der Waals surface area contributed by atoms with Gasteiger partial charge in [-0.1, -0.05) is 6.07 Å². The van der Waals surface area contributed by atoms with Gasteiger partial charge in [0.25, 0.3) is 5.91 Å². The quantitative estimate of drug-likeness (QED) is 0.746. The van der Waals surface area contributed by atoms with Gasteiger partial charge in [-0.3, -0.25) is 4.79 Å². The molecule has 6 heteroatoms. The highest BCUT2D eigenvalue weighted by molar-refractivity contribution is 6.05. The number of benzene rings is 2. The second-order valence-electron chi connectivity index (χ2n) is 6.43. The van der Waals surface area contributed by atoms with E-state index in [0.29, 0.717) is 22.7 Å². The Morgan fingerprint density at radius 1 is 1.00 bits per heavy atom. The molecular formula is C21H25NO5. The van der Waals surface area contributed by atoms with Gasteiger partial charge in [-0.05, 0) is 69.7 Å². The smallest absolute Gasteiger partial charge is 0.347 e. The third-order valence-corrected chi connectivity index (χ3v) is 3.72. The van der Waals surface area contributed by atoms with Crippen LogP contribution in [-0.4, -0.2) is 31.2 Å². The predicted molar refractivity (Wildman–Crippen MR) is 103 cm³/mol. The minimum absolute atomic E-state index is 0.201. The molecule has 1 N–H and O–H groups in total. The SMILES string of the molecule is COc1ccc(C)cc1NC(=O)c1ccc(OC(C)C(=O)OC(C)C)cc1. The monoisotopic (exact) mass is 371 g/mol. The number of amides is 1. The molecule has 0 fully saturated rings. The van der Waals surface area contributed by atoms with E-state index in [2.05, 4.69) is 5.32 Å². The lowest BCUT2D eigenvalue weighted by atomic mass is 10.1. The van der Waals surface area contributed by atoms with Crippen LogP contribution in [0.15, 0.2) is 42.5 Å². The molecule has 0 aliphatic carbocycles. The summed E-state index contributed by atoms with van der Waals surface area (Å²) in [5.41, 5.74) is 2.08. The van der Waals surface area contributed by atoms with Crippen LogP contribution >= 0.6 is 0 Å². The highest BCUT2D eigenvalue weighted by Gasteiger charge is 2.18. The topological polar surface area (TPSA) is 73.9 Å². The Hall–Kier alpha value is -3.02. The van der Waals surface area contributed by atoms with E-state index in [9.17, 15) is 9.59 Å². The number of esters is 1. The van der Waals surface area contributed by atoms with Crippen molar-refractivity contribution in [3.05, 3.63) is 53.6 Å². The van der Waals surface area contributed by atoms with Gasteiger partial charge in [0.1, 0.15) is 11.5 Å². The molecule has 2 rings (SSSR count). The van der Waals surface area contributed by atoms with Gasteiger partial charge < -0.3 is 19.5 Å². The summed E-state index contributed by atoms with van der Waals surface area (Å²) in [5, 5.41) is 2.84. The van der Waals surface area contributed by atoms with Crippen molar-refractivity contribution in [1.82, 2.24) is 0 Å². The number of anilines is 1. The van der Waals surface area contributed by atoms with Crippen molar-refractivity contribution in [2.45, 2.75) is 39.9 Å². The summed E-state index contributed by atoms with van der Waals surface area (Å²) in [5.74, 6) is 0.371. The van der Waals surface area contributed by atoms with Crippen molar-refractivity contribution in [3.8, 4) is 11.5 Å². The zero-order valence-electron chi connectivity index (χ0n) is 16.2. The number of nitrogens with one attached hydrogen (secondary N) is 1. The molecule has 0 spiro atoms. The molecule has 1 unspecified atom stereocenters. The van der Waals surface area contributed by atoms with Crippen LogP contribution in [0.5, 0.6) is 11.5 Å². The molecule has 144 valence electrons. The Morgan fingerprint density at radius 2 is 1.67 bits per heavy atom. The van der Waals surface area contributed by atoms with Crippen LogP contribution in [0.25, 0.3) is 0 Å². The third kappa shape index (κ3) is 5.74. The van der Waals surface area contributed by atoms with Gasteiger partial charge in [-0.15, -0.1) is 0 Å². The summed E-state index contributed by atoms with van der Waals surface area (Å²) in [6.07, 6.45) is -0.933. The number of carbonyl (C=O) groups excluding carboxylic acids is 2. The lowest BCUT2D eigenvalue weighted by molar-refractivity contribution is -0.154. The van der Waals surface area contributed by atoms with Gasteiger partial charge in [-0.25, -0.2) is 4.79 Å². The molecule has 1 amide bonds. The molecule has 6 nitrogen and oxygen atoms in total. The molecule has 1 atom stereocenters. The molecule has 0 aliphatic rings. The summed E-state index contributed by atoms with van der Waals surface area (Å²) < 4.78 is 15.9. The summed E-state index contributed by atoms with van der Waals surface area (Å²) in [6, 6.07) is 12.1. The summed E-state index contributed by atoms with van der Waals surface area (Å²) in [6.45, 7) is 7.12. The van der Waals surface area contributed by atoms with Gasteiger partial charge in [0.15, 0.2) is 6.10 Å². The zero-order chi connectivity index (χ0) is 20.0. The molecule has 0 radical (unpaired) electrons. The van der Waals surface area contributed by atoms with E-state index in [0.717, 1.165) is 5.56 Å². The van der Waals surface area contributed by atoms with Crippen LogP contribution in [0.2, 0.25) is 0 Å². The molecule has 0 aliphatic heterocycles. The number of aryl methyl sites for hydroxylation is 1. The number of carbonyl (C=O) groups is 2. The van der Waals surface area contributed by atoms with Crippen molar-refractivity contribution >= 4 is 17.6 Å². The van der Waals surface area contributed by atoms with E-state index in [1.54, 1.807) is 58.2 Å². The zero-order valence-corrected chi connectivity index (χ0v) is 16.2. The van der Waals surface area contributed by atoms with E-state index >= 15 is 0 Å². The highest BCUT2D eigenvalue weighted by Crippen LogP contribution is 2.26. The lowest BCUT2D eigenvalue weighted by Crippen LogP contribution is -2.28. The Kier molecular flexibility index (Phi) is 6.82. The molecular weight excluding hydrogens is 346 g/mol. The van der Waals surface area contributed by atoms with Gasteiger partial charge in [0.2, 0.25) is 0 Å². The van der Waals surface area contributed by atoms with E-state index in [-0.39, 0.29) is 12.0 Å². The lowest BCUT2D eigenvalue weighted by Gasteiger charge is -2.16. The molecule has 0 saturated carbocycles. The van der Waals surface area contributed by atoms with Crippen LogP contribution < -0.4 is 14.8 Å². The van der Waals surface area contributed by atoms with Gasteiger partial charge in [0.05, 0.1) is 18.9 Å². The van der Waals surface area contributed by atoms with Gasteiger partial charge in [-0.2, -0.15) is 0 Å². The maximum Gasteiger partial charge on any atom is 0.347 e. The largest absolute Gasteiger partial charge is 0.495 e. The van der Waals surface area contributed by atoms with Crippen molar-refractivity contribution in [1.29, 1.82) is 0 Å². The van der Waals surface area contributed by atoms with Crippen LogP contribution in [0.4, 0.5) is 5.69 Å². The third-order valence-electron chi connectivity index (χ3n) is 3.72. The molecule has 27 heavy (non-hydrogen) atoms. The minimum atomic E-state index is -0.733. The average molecular weight is 371 g/mol. The Labute approximate surface area is 159 Å².